The lowest BCUT2D eigenvalue weighted by molar-refractivity contribution is 0.927. The minimum Gasteiger partial charge on any atom is -0.236 e. The van der Waals surface area contributed by atoms with Crippen molar-refractivity contribution < 1.29 is 0 Å². The highest BCUT2D eigenvalue weighted by molar-refractivity contribution is 9.10. The van der Waals surface area contributed by atoms with Gasteiger partial charge in [-0.3, -0.25) is 0 Å². The van der Waals surface area contributed by atoms with E-state index in [-0.39, 0.29) is 0 Å². The van der Waals surface area contributed by atoms with Crippen LogP contribution in [-0.2, 0) is 0 Å². The first kappa shape index (κ1) is 9.99. The molecule has 0 aliphatic carbocycles. The summed E-state index contributed by atoms with van der Waals surface area (Å²) in [5.74, 6) is 0. The molecule has 0 aliphatic heterocycles. The molecular weight excluding hydrogens is 286 g/mol. The molecule has 0 unspecified atom stereocenters. The predicted molar refractivity (Wildman–Crippen MR) is 68.7 cm³/mol. The number of aromatic nitrogens is 3. The van der Waals surface area contributed by atoms with Crippen LogP contribution in [0.3, 0.4) is 0 Å². The van der Waals surface area contributed by atoms with Gasteiger partial charge in [0.25, 0.3) is 0 Å². The molecule has 3 aromatic heterocycles. The summed E-state index contributed by atoms with van der Waals surface area (Å²) in [5.41, 5.74) is 2.90. The van der Waals surface area contributed by atoms with Gasteiger partial charge in [-0.05, 0) is 40.4 Å². The van der Waals surface area contributed by atoms with E-state index in [1.807, 2.05) is 29.8 Å². The molecule has 0 amide bonds. The monoisotopic (exact) mass is 293 g/mol. The van der Waals surface area contributed by atoms with Crippen LogP contribution in [-0.4, -0.2) is 14.6 Å². The summed E-state index contributed by atoms with van der Waals surface area (Å²) in [5, 5.41) is 6.55. The van der Waals surface area contributed by atoms with E-state index in [1.54, 1.807) is 11.3 Å². The van der Waals surface area contributed by atoms with Gasteiger partial charge in [-0.2, -0.15) is 5.10 Å². The molecule has 3 nitrogen and oxygen atoms in total. The van der Waals surface area contributed by atoms with Crippen LogP contribution in [0.5, 0.6) is 0 Å². The largest absolute Gasteiger partial charge is 0.236 e. The summed E-state index contributed by atoms with van der Waals surface area (Å²) in [7, 11) is 0. The second-order valence-electron chi connectivity index (χ2n) is 3.44. The van der Waals surface area contributed by atoms with Gasteiger partial charge in [0.05, 0.1) is 20.7 Å². The van der Waals surface area contributed by atoms with E-state index in [0.717, 1.165) is 21.5 Å². The lowest BCUT2D eigenvalue weighted by atomic mass is 10.3. The van der Waals surface area contributed by atoms with Crippen molar-refractivity contribution in [1.82, 2.24) is 14.6 Å². The molecule has 0 bridgehead atoms. The maximum absolute atomic E-state index is 4.48. The molecule has 0 aromatic carbocycles. The molecule has 5 heteroatoms. The van der Waals surface area contributed by atoms with Crippen LogP contribution in [0.1, 0.15) is 5.69 Å². The fourth-order valence-electron chi connectivity index (χ4n) is 1.64. The van der Waals surface area contributed by atoms with Gasteiger partial charge in [-0.25, -0.2) is 9.50 Å². The van der Waals surface area contributed by atoms with E-state index in [1.165, 1.54) is 4.88 Å². The fourth-order valence-corrected chi connectivity index (χ4v) is 2.72. The third-order valence-corrected chi connectivity index (χ3v) is 4.22. The van der Waals surface area contributed by atoms with Crippen LogP contribution >= 0.6 is 27.3 Å². The molecule has 16 heavy (non-hydrogen) atoms. The van der Waals surface area contributed by atoms with Gasteiger partial charge >= 0.3 is 0 Å². The Balaban J connectivity index is 2.38. The zero-order valence-corrected chi connectivity index (χ0v) is 10.9. The zero-order valence-electron chi connectivity index (χ0n) is 8.51. The highest BCUT2D eigenvalue weighted by Gasteiger charge is 2.11. The van der Waals surface area contributed by atoms with Crippen LogP contribution in [0.2, 0.25) is 0 Å². The number of thiophene rings is 1. The molecule has 80 valence electrons. The molecule has 0 N–H and O–H groups in total. The van der Waals surface area contributed by atoms with Gasteiger partial charge in [0.2, 0.25) is 0 Å². The molecule has 0 fully saturated rings. The van der Waals surface area contributed by atoms with Gasteiger partial charge in [0, 0.05) is 6.20 Å². The summed E-state index contributed by atoms with van der Waals surface area (Å²) >= 11 is 5.21. The number of rotatable bonds is 1. The van der Waals surface area contributed by atoms with E-state index in [2.05, 4.69) is 37.5 Å². The van der Waals surface area contributed by atoms with Crippen LogP contribution in [0.15, 0.2) is 34.2 Å². The minimum atomic E-state index is 0.864. The Hall–Kier alpha value is -1.20. The molecule has 0 saturated carbocycles. The van der Waals surface area contributed by atoms with Crippen molar-refractivity contribution in [3.63, 3.8) is 0 Å². The minimum absolute atomic E-state index is 0.864. The molecule has 3 rings (SSSR count). The maximum Gasteiger partial charge on any atom is 0.170 e. The second kappa shape index (κ2) is 3.68. The van der Waals surface area contributed by atoms with Crippen molar-refractivity contribution in [2.24, 2.45) is 0 Å². The van der Waals surface area contributed by atoms with Crippen LogP contribution < -0.4 is 0 Å². The van der Waals surface area contributed by atoms with Crippen molar-refractivity contribution in [2.45, 2.75) is 6.92 Å². The molecule has 3 heterocycles. The highest BCUT2D eigenvalue weighted by Crippen LogP contribution is 2.28. The van der Waals surface area contributed by atoms with Gasteiger partial charge in [-0.15, -0.1) is 11.3 Å². The van der Waals surface area contributed by atoms with Crippen molar-refractivity contribution >= 4 is 32.9 Å². The highest BCUT2D eigenvalue weighted by atomic mass is 79.9. The van der Waals surface area contributed by atoms with E-state index >= 15 is 0 Å². The first-order valence-electron chi connectivity index (χ1n) is 4.81. The van der Waals surface area contributed by atoms with Gasteiger partial charge < -0.3 is 0 Å². The molecule has 0 aliphatic rings. The first-order valence-corrected chi connectivity index (χ1v) is 6.48. The maximum atomic E-state index is 4.48. The number of hydrogen-bond acceptors (Lipinski definition) is 3. The summed E-state index contributed by atoms with van der Waals surface area (Å²) in [4.78, 5) is 5.53. The quantitative estimate of drug-likeness (QED) is 0.687. The Morgan fingerprint density at radius 3 is 3.00 bits per heavy atom. The van der Waals surface area contributed by atoms with Crippen molar-refractivity contribution in [2.75, 3.05) is 0 Å². The van der Waals surface area contributed by atoms with E-state index < -0.39 is 0 Å². The molecular formula is C11H8BrN3S. The average molecular weight is 294 g/mol. The normalized spacial score (nSPS) is 11.1. The van der Waals surface area contributed by atoms with Crippen molar-refractivity contribution in [3.8, 4) is 10.6 Å². The lowest BCUT2D eigenvalue weighted by Crippen LogP contribution is -1.94. The van der Waals surface area contributed by atoms with E-state index in [0.29, 0.717) is 0 Å². The Labute approximate surface area is 105 Å². The van der Waals surface area contributed by atoms with Gasteiger partial charge in [0.1, 0.15) is 0 Å². The molecule has 0 atom stereocenters. The SMILES string of the molecule is Cc1nn2c(-c3cccs3)ccnc2c1Br. The number of aryl methyl sites for hydroxylation is 1. The third-order valence-electron chi connectivity index (χ3n) is 2.40. The first-order chi connectivity index (χ1) is 7.77. The van der Waals surface area contributed by atoms with Crippen LogP contribution in [0.25, 0.3) is 16.2 Å². The number of halogens is 1. The van der Waals surface area contributed by atoms with Crippen LogP contribution in [0.4, 0.5) is 0 Å². The van der Waals surface area contributed by atoms with Crippen molar-refractivity contribution in [1.29, 1.82) is 0 Å². The fraction of sp³-hybridized carbons (Fsp3) is 0.0909. The summed E-state index contributed by atoms with van der Waals surface area (Å²) in [6, 6.07) is 6.11. The number of nitrogens with zero attached hydrogens (tertiary/aromatic N) is 3. The lowest BCUT2D eigenvalue weighted by Gasteiger charge is -2.00. The van der Waals surface area contributed by atoms with Crippen LogP contribution in [0, 0.1) is 6.92 Å². The third kappa shape index (κ3) is 1.39. The Bertz CT molecular complexity index is 643. The Kier molecular flexibility index (Phi) is 2.29. The number of fused-ring (bicyclic) bond motifs is 1. The summed E-state index contributed by atoms with van der Waals surface area (Å²) in [6.07, 6.45) is 1.82. The van der Waals surface area contributed by atoms with Gasteiger partial charge in [-0.1, -0.05) is 6.07 Å². The topological polar surface area (TPSA) is 30.2 Å². The standard InChI is InChI=1S/C11H8BrN3S/c1-7-10(12)11-13-5-4-8(15(11)14-7)9-3-2-6-16-9/h2-6H,1H3. The average Bonchev–Trinajstić information content (AvgIpc) is 2.89. The molecule has 0 spiro atoms. The van der Waals surface area contributed by atoms with Gasteiger partial charge in [0.15, 0.2) is 5.65 Å². The van der Waals surface area contributed by atoms with E-state index in [4.69, 9.17) is 0 Å². The summed E-state index contributed by atoms with van der Waals surface area (Å²) < 4.78 is 2.84. The predicted octanol–water partition coefficient (Wildman–Crippen LogP) is 3.53. The van der Waals surface area contributed by atoms with E-state index in [9.17, 15) is 0 Å². The zero-order chi connectivity index (χ0) is 11.1. The smallest absolute Gasteiger partial charge is 0.170 e. The summed E-state index contributed by atoms with van der Waals surface area (Å²) in [6.45, 7) is 1.97. The Morgan fingerprint density at radius 1 is 1.38 bits per heavy atom. The number of hydrogen-bond donors (Lipinski definition) is 0. The second-order valence-corrected chi connectivity index (χ2v) is 5.18. The Morgan fingerprint density at radius 2 is 2.25 bits per heavy atom. The molecule has 0 radical (unpaired) electrons. The molecule has 3 aromatic rings. The van der Waals surface area contributed by atoms with Crippen molar-refractivity contribution in [3.05, 3.63) is 39.9 Å². The molecule has 0 saturated heterocycles.